The average Bonchev–Trinajstić information content (AvgIpc) is 2.01. The lowest BCUT2D eigenvalue weighted by Crippen LogP contribution is -2.14. The molecule has 1 amide bonds. The van der Waals surface area contributed by atoms with Crippen molar-refractivity contribution in [2.45, 2.75) is 11.8 Å². The summed E-state index contributed by atoms with van der Waals surface area (Å²) in [4.78, 5) is 11.9. The van der Waals surface area contributed by atoms with Gasteiger partial charge in [-0.25, -0.2) is 0 Å². The zero-order valence-corrected chi connectivity index (χ0v) is 9.00. The molecule has 70 valence electrons. The van der Waals surface area contributed by atoms with Gasteiger partial charge in [-0.15, -0.1) is 11.8 Å². The Bertz CT molecular complexity index is 352. The first-order valence-corrected chi connectivity index (χ1v) is 5.30. The Hall–Kier alpha value is -0.670. The van der Waals surface area contributed by atoms with Gasteiger partial charge in [-0.1, -0.05) is 11.6 Å². The Kier molecular flexibility index (Phi) is 3.22. The fourth-order valence-electron chi connectivity index (χ4n) is 1.19. The Balaban J connectivity index is 3.38. The molecule has 4 heteroatoms. The molecule has 0 aliphatic rings. The zero-order chi connectivity index (χ0) is 10.0. The largest absolute Gasteiger partial charge is 0.366 e. The van der Waals surface area contributed by atoms with E-state index in [1.54, 1.807) is 12.1 Å². The summed E-state index contributed by atoms with van der Waals surface area (Å²) in [7, 11) is 0. The molecule has 1 aromatic carbocycles. The first kappa shape index (κ1) is 10.4. The first-order chi connectivity index (χ1) is 6.06. The van der Waals surface area contributed by atoms with Gasteiger partial charge in [0, 0.05) is 9.92 Å². The van der Waals surface area contributed by atoms with Crippen LogP contribution in [0.25, 0.3) is 0 Å². The molecule has 0 fully saturated rings. The fourth-order valence-corrected chi connectivity index (χ4v) is 2.24. The number of benzene rings is 1. The molecule has 1 rings (SSSR count). The van der Waals surface area contributed by atoms with Crippen LogP contribution in [-0.2, 0) is 0 Å². The van der Waals surface area contributed by atoms with Crippen LogP contribution in [-0.4, -0.2) is 12.2 Å². The number of carbonyl (C=O) groups is 1. The van der Waals surface area contributed by atoms with Gasteiger partial charge >= 0.3 is 0 Å². The highest BCUT2D eigenvalue weighted by Crippen LogP contribution is 2.27. The minimum absolute atomic E-state index is 0.404. The van der Waals surface area contributed by atoms with Gasteiger partial charge in [0.15, 0.2) is 0 Å². The van der Waals surface area contributed by atoms with Gasteiger partial charge in [-0.2, -0.15) is 0 Å². The highest BCUT2D eigenvalue weighted by molar-refractivity contribution is 7.98. The maximum Gasteiger partial charge on any atom is 0.250 e. The molecule has 0 spiro atoms. The number of amides is 1. The van der Waals surface area contributed by atoms with Crippen molar-refractivity contribution in [3.05, 3.63) is 28.3 Å². The Morgan fingerprint density at radius 1 is 1.54 bits per heavy atom. The highest BCUT2D eigenvalue weighted by atomic mass is 35.5. The number of primary amides is 1. The maximum absolute atomic E-state index is 11.1. The number of aryl methyl sites for hydroxylation is 1. The molecule has 0 aliphatic carbocycles. The molecule has 2 N–H and O–H groups in total. The van der Waals surface area contributed by atoms with Crippen molar-refractivity contribution in [3.63, 3.8) is 0 Å². The number of thioether (sulfide) groups is 1. The van der Waals surface area contributed by atoms with Gasteiger partial charge in [0.25, 0.3) is 0 Å². The van der Waals surface area contributed by atoms with Crippen LogP contribution in [0.3, 0.4) is 0 Å². The van der Waals surface area contributed by atoms with Crippen molar-refractivity contribution in [2.24, 2.45) is 5.73 Å². The van der Waals surface area contributed by atoms with E-state index in [9.17, 15) is 4.79 Å². The molecule has 0 atom stereocenters. The molecule has 0 saturated heterocycles. The van der Waals surface area contributed by atoms with Crippen LogP contribution in [0.2, 0.25) is 5.02 Å². The van der Waals surface area contributed by atoms with Crippen LogP contribution in [0.15, 0.2) is 17.0 Å². The summed E-state index contributed by atoms with van der Waals surface area (Å²) in [5, 5.41) is 0.631. The smallest absolute Gasteiger partial charge is 0.250 e. The summed E-state index contributed by atoms with van der Waals surface area (Å²) in [5.74, 6) is -0.404. The van der Waals surface area contributed by atoms with Crippen LogP contribution in [0, 0.1) is 6.92 Å². The number of hydrogen-bond donors (Lipinski definition) is 1. The number of carbonyl (C=O) groups excluding carboxylic acids is 1. The predicted molar refractivity (Wildman–Crippen MR) is 56.5 cm³/mol. The third-order valence-electron chi connectivity index (χ3n) is 1.73. The summed E-state index contributed by atoms with van der Waals surface area (Å²) >= 11 is 7.31. The molecule has 0 bridgehead atoms. The van der Waals surface area contributed by atoms with E-state index < -0.39 is 5.91 Å². The first-order valence-electron chi connectivity index (χ1n) is 3.70. The van der Waals surface area contributed by atoms with E-state index in [1.807, 2.05) is 13.2 Å². The number of nitrogens with two attached hydrogens (primary N) is 1. The molecule has 13 heavy (non-hydrogen) atoms. The fraction of sp³-hybridized carbons (Fsp3) is 0.222. The molecule has 0 saturated carbocycles. The zero-order valence-electron chi connectivity index (χ0n) is 7.43. The van der Waals surface area contributed by atoms with Gasteiger partial charge in [-0.3, -0.25) is 4.79 Å². The number of hydrogen-bond acceptors (Lipinski definition) is 2. The van der Waals surface area contributed by atoms with E-state index in [2.05, 4.69) is 0 Å². The highest BCUT2D eigenvalue weighted by Gasteiger charge is 2.11. The molecule has 2 nitrogen and oxygen atoms in total. The maximum atomic E-state index is 11.1. The summed E-state index contributed by atoms with van der Waals surface area (Å²) in [6.45, 7) is 1.83. The monoisotopic (exact) mass is 215 g/mol. The molecule has 0 unspecified atom stereocenters. The average molecular weight is 216 g/mol. The lowest BCUT2D eigenvalue weighted by molar-refractivity contribution is 0.0997. The molecule has 0 heterocycles. The van der Waals surface area contributed by atoms with Crippen LogP contribution in [0.4, 0.5) is 0 Å². The van der Waals surface area contributed by atoms with E-state index in [-0.39, 0.29) is 0 Å². The normalized spacial score (nSPS) is 10.1. The minimum atomic E-state index is -0.404. The Labute approximate surface area is 86.5 Å². The van der Waals surface area contributed by atoms with E-state index in [0.29, 0.717) is 10.6 Å². The van der Waals surface area contributed by atoms with Crippen molar-refractivity contribution in [2.75, 3.05) is 6.26 Å². The van der Waals surface area contributed by atoms with E-state index in [1.165, 1.54) is 11.8 Å². The van der Waals surface area contributed by atoms with Crippen molar-refractivity contribution in [1.82, 2.24) is 0 Å². The molecule has 0 radical (unpaired) electrons. The van der Waals surface area contributed by atoms with E-state index in [4.69, 9.17) is 17.3 Å². The Morgan fingerprint density at radius 3 is 2.62 bits per heavy atom. The molecular formula is C9H10ClNOS. The van der Waals surface area contributed by atoms with Gasteiger partial charge in [-0.05, 0) is 30.9 Å². The van der Waals surface area contributed by atoms with E-state index >= 15 is 0 Å². The summed E-state index contributed by atoms with van der Waals surface area (Å²) in [5.41, 5.74) is 6.64. The molecule has 1 aromatic rings. The summed E-state index contributed by atoms with van der Waals surface area (Å²) in [6.07, 6.45) is 1.89. The quantitative estimate of drug-likeness (QED) is 0.771. The third kappa shape index (κ3) is 2.17. The van der Waals surface area contributed by atoms with Crippen LogP contribution in [0.1, 0.15) is 15.9 Å². The molecular weight excluding hydrogens is 206 g/mol. The second-order valence-corrected chi connectivity index (χ2v) is 3.95. The van der Waals surface area contributed by atoms with Crippen molar-refractivity contribution < 1.29 is 4.79 Å². The van der Waals surface area contributed by atoms with Gasteiger partial charge in [0.05, 0.1) is 5.56 Å². The Morgan fingerprint density at radius 2 is 2.15 bits per heavy atom. The second-order valence-electron chi connectivity index (χ2n) is 2.66. The van der Waals surface area contributed by atoms with Crippen molar-refractivity contribution in [3.8, 4) is 0 Å². The standard InChI is InChI=1S/C9H10ClNOS/c1-5-3-6(10)4-7(13-2)8(5)9(11)12/h3-4H,1-2H3,(H2,11,12). The SMILES string of the molecule is CSc1cc(Cl)cc(C)c1C(N)=O. The van der Waals surface area contributed by atoms with Crippen molar-refractivity contribution in [1.29, 1.82) is 0 Å². The van der Waals surface area contributed by atoms with E-state index in [0.717, 1.165) is 10.5 Å². The lowest BCUT2D eigenvalue weighted by Gasteiger charge is -2.07. The van der Waals surface area contributed by atoms with Crippen LogP contribution >= 0.6 is 23.4 Å². The number of halogens is 1. The third-order valence-corrected chi connectivity index (χ3v) is 2.71. The number of rotatable bonds is 2. The summed E-state index contributed by atoms with van der Waals surface area (Å²) in [6, 6.07) is 3.49. The molecule has 0 aliphatic heterocycles. The van der Waals surface area contributed by atoms with Crippen LogP contribution in [0.5, 0.6) is 0 Å². The minimum Gasteiger partial charge on any atom is -0.366 e. The van der Waals surface area contributed by atoms with Gasteiger partial charge < -0.3 is 5.73 Å². The van der Waals surface area contributed by atoms with Crippen LogP contribution < -0.4 is 5.73 Å². The van der Waals surface area contributed by atoms with Crippen molar-refractivity contribution >= 4 is 29.3 Å². The predicted octanol–water partition coefficient (Wildman–Crippen LogP) is 2.47. The topological polar surface area (TPSA) is 43.1 Å². The van der Waals surface area contributed by atoms with Gasteiger partial charge in [0.2, 0.25) is 5.91 Å². The van der Waals surface area contributed by atoms with Gasteiger partial charge in [0.1, 0.15) is 0 Å². The second kappa shape index (κ2) is 4.03. The summed E-state index contributed by atoms with van der Waals surface area (Å²) < 4.78 is 0. The molecule has 0 aromatic heterocycles. The lowest BCUT2D eigenvalue weighted by atomic mass is 10.1.